The van der Waals surface area contributed by atoms with Crippen molar-refractivity contribution >= 4 is 0 Å². The van der Waals surface area contributed by atoms with Crippen LogP contribution in [0, 0.1) is 20.8 Å². The molecule has 2 aromatic heterocycles. The Balaban J connectivity index is 2.16. The summed E-state index contributed by atoms with van der Waals surface area (Å²) >= 11 is 0. The highest BCUT2D eigenvalue weighted by molar-refractivity contribution is 5.23. The van der Waals surface area contributed by atoms with Gasteiger partial charge in [-0.05, 0) is 44.9 Å². The first kappa shape index (κ1) is 14.4. The molecule has 0 fully saturated rings. The Morgan fingerprint density at radius 3 is 2.75 bits per heavy atom. The molecule has 20 heavy (non-hydrogen) atoms. The summed E-state index contributed by atoms with van der Waals surface area (Å²) in [5.41, 5.74) is 3.72. The van der Waals surface area contributed by atoms with Gasteiger partial charge in [-0.3, -0.25) is 9.78 Å². The van der Waals surface area contributed by atoms with Crippen molar-refractivity contribution in [1.82, 2.24) is 20.3 Å². The SMILES string of the molecule is Cc1nc(C)c(C(C)NCc2ccncc2C)c(=O)[nH]1. The van der Waals surface area contributed by atoms with E-state index < -0.39 is 0 Å². The zero-order valence-corrected chi connectivity index (χ0v) is 12.3. The Hall–Kier alpha value is -2.01. The maximum absolute atomic E-state index is 12.0. The van der Waals surface area contributed by atoms with Crippen LogP contribution in [0.2, 0.25) is 0 Å². The molecule has 106 valence electrons. The van der Waals surface area contributed by atoms with E-state index in [0.29, 0.717) is 17.9 Å². The van der Waals surface area contributed by atoms with E-state index in [-0.39, 0.29) is 11.6 Å². The van der Waals surface area contributed by atoms with E-state index in [0.717, 1.165) is 11.3 Å². The first-order valence-electron chi connectivity index (χ1n) is 6.69. The predicted octanol–water partition coefficient (Wildman–Crippen LogP) is 1.94. The number of rotatable bonds is 4. The first-order valence-corrected chi connectivity index (χ1v) is 6.69. The van der Waals surface area contributed by atoms with Crippen LogP contribution < -0.4 is 10.9 Å². The fourth-order valence-corrected chi connectivity index (χ4v) is 2.31. The normalized spacial score (nSPS) is 12.4. The zero-order valence-electron chi connectivity index (χ0n) is 12.3. The van der Waals surface area contributed by atoms with Crippen LogP contribution in [0.5, 0.6) is 0 Å². The molecule has 1 atom stereocenters. The smallest absolute Gasteiger partial charge is 0.255 e. The number of nitrogens with one attached hydrogen (secondary N) is 2. The highest BCUT2D eigenvalue weighted by Gasteiger charge is 2.14. The Kier molecular flexibility index (Phi) is 4.29. The summed E-state index contributed by atoms with van der Waals surface area (Å²) in [5, 5.41) is 3.37. The second kappa shape index (κ2) is 5.96. The van der Waals surface area contributed by atoms with Gasteiger partial charge in [0.15, 0.2) is 0 Å². The average molecular weight is 272 g/mol. The van der Waals surface area contributed by atoms with Gasteiger partial charge in [0.05, 0.1) is 5.56 Å². The molecule has 1 unspecified atom stereocenters. The molecule has 0 saturated carbocycles. The van der Waals surface area contributed by atoms with Crippen LogP contribution >= 0.6 is 0 Å². The van der Waals surface area contributed by atoms with Crippen molar-refractivity contribution in [3.8, 4) is 0 Å². The van der Waals surface area contributed by atoms with Gasteiger partial charge in [-0.25, -0.2) is 4.98 Å². The lowest BCUT2D eigenvalue weighted by Crippen LogP contribution is -2.27. The number of aryl methyl sites for hydroxylation is 3. The van der Waals surface area contributed by atoms with E-state index in [2.05, 4.69) is 20.3 Å². The van der Waals surface area contributed by atoms with E-state index in [1.54, 1.807) is 13.1 Å². The molecule has 0 aliphatic rings. The minimum Gasteiger partial charge on any atom is -0.310 e. The number of hydrogen-bond donors (Lipinski definition) is 2. The van der Waals surface area contributed by atoms with Gasteiger partial charge in [-0.1, -0.05) is 0 Å². The minimum atomic E-state index is -0.0681. The molecular formula is C15H20N4O. The molecule has 0 aromatic carbocycles. The third-order valence-corrected chi connectivity index (χ3v) is 3.43. The Labute approximate surface area is 118 Å². The molecule has 0 radical (unpaired) electrons. The van der Waals surface area contributed by atoms with Gasteiger partial charge in [0, 0.05) is 30.7 Å². The van der Waals surface area contributed by atoms with E-state index in [1.807, 2.05) is 33.0 Å². The zero-order chi connectivity index (χ0) is 14.7. The molecule has 0 bridgehead atoms. The summed E-state index contributed by atoms with van der Waals surface area (Å²) in [5.74, 6) is 0.647. The van der Waals surface area contributed by atoms with Crippen molar-refractivity contribution in [3.05, 3.63) is 57.0 Å². The second-order valence-electron chi connectivity index (χ2n) is 5.06. The Morgan fingerprint density at radius 1 is 1.35 bits per heavy atom. The third-order valence-electron chi connectivity index (χ3n) is 3.43. The maximum Gasteiger partial charge on any atom is 0.255 e. The summed E-state index contributed by atoms with van der Waals surface area (Å²) in [6.07, 6.45) is 3.62. The van der Waals surface area contributed by atoms with Crippen molar-refractivity contribution in [2.45, 2.75) is 40.3 Å². The number of aromatic amines is 1. The highest BCUT2D eigenvalue weighted by Crippen LogP contribution is 2.13. The third kappa shape index (κ3) is 3.11. The van der Waals surface area contributed by atoms with E-state index in [9.17, 15) is 4.79 Å². The molecule has 0 spiro atoms. The van der Waals surface area contributed by atoms with E-state index in [4.69, 9.17) is 0 Å². The van der Waals surface area contributed by atoms with E-state index in [1.165, 1.54) is 5.56 Å². The van der Waals surface area contributed by atoms with Crippen LogP contribution in [0.3, 0.4) is 0 Å². The number of hydrogen-bond acceptors (Lipinski definition) is 4. The van der Waals surface area contributed by atoms with Crippen molar-refractivity contribution < 1.29 is 0 Å². The molecular weight excluding hydrogens is 252 g/mol. The van der Waals surface area contributed by atoms with Gasteiger partial charge < -0.3 is 10.3 Å². The summed E-state index contributed by atoms with van der Waals surface area (Å²) in [4.78, 5) is 23.2. The molecule has 5 heteroatoms. The fraction of sp³-hybridized carbons (Fsp3) is 0.400. The van der Waals surface area contributed by atoms with Crippen LogP contribution in [0.15, 0.2) is 23.3 Å². The number of H-pyrrole nitrogens is 1. The number of aromatic nitrogens is 3. The lowest BCUT2D eigenvalue weighted by molar-refractivity contribution is 0.561. The molecule has 2 rings (SSSR count). The molecule has 0 aliphatic carbocycles. The minimum absolute atomic E-state index is 0.0561. The van der Waals surface area contributed by atoms with Crippen molar-refractivity contribution in [3.63, 3.8) is 0 Å². The number of nitrogens with zero attached hydrogens (tertiary/aromatic N) is 2. The monoisotopic (exact) mass is 272 g/mol. The van der Waals surface area contributed by atoms with Gasteiger partial charge in [-0.15, -0.1) is 0 Å². The van der Waals surface area contributed by atoms with Gasteiger partial charge >= 0.3 is 0 Å². The van der Waals surface area contributed by atoms with Crippen LogP contribution in [0.1, 0.15) is 41.2 Å². The highest BCUT2D eigenvalue weighted by atomic mass is 16.1. The van der Waals surface area contributed by atoms with Crippen LogP contribution in [0.4, 0.5) is 0 Å². The second-order valence-corrected chi connectivity index (χ2v) is 5.06. The molecule has 5 nitrogen and oxygen atoms in total. The predicted molar refractivity (Wildman–Crippen MR) is 78.6 cm³/mol. The lowest BCUT2D eigenvalue weighted by Gasteiger charge is -2.16. The Bertz CT molecular complexity index is 663. The maximum atomic E-state index is 12.0. The molecule has 2 heterocycles. The Morgan fingerprint density at radius 2 is 2.10 bits per heavy atom. The van der Waals surface area contributed by atoms with Gasteiger partial charge in [0.2, 0.25) is 0 Å². The van der Waals surface area contributed by atoms with Gasteiger partial charge in [0.1, 0.15) is 5.82 Å². The summed E-state index contributed by atoms with van der Waals surface area (Å²) in [6.45, 7) is 8.36. The lowest BCUT2D eigenvalue weighted by atomic mass is 10.1. The van der Waals surface area contributed by atoms with Crippen LogP contribution in [-0.4, -0.2) is 15.0 Å². The first-order chi connectivity index (χ1) is 9.49. The summed E-state index contributed by atoms with van der Waals surface area (Å²) in [6, 6.07) is 1.93. The molecule has 0 saturated heterocycles. The quantitative estimate of drug-likeness (QED) is 0.892. The van der Waals surface area contributed by atoms with E-state index >= 15 is 0 Å². The molecule has 2 N–H and O–H groups in total. The number of pyridine rings is 1. The van der Waals surface area contributed by atoms with Crippen molar-refractivity contribution in [1.29, 1.82) is 0 Å². The summed E-state index contributed by atoms with van der Waals surface area (Å²) in [7, 11) is 0. The fourth-order valence-electron chi connectivity index (χ4n) is 2.31. The summed E-state index contributed by atoms with van der Waals surface area (Å²) < 4.78 is 0. The molecule has 0 aliphatic heterocycles. The standard InChI is InChI=1S/C15H20N4O/c1-9-7-16-6-5-13(9)8-17-10(2)14-11(3)18-12(4)19-15(14)20/h5-7,10,17H,8H2,1-4H3,(H,18,19,20). The van der Waals surface area contributed by atoms with Crippen LogP contribution in [0.25, 0.3) is 0 Å². The molecule has 2 aromatic rings. The topological polar surface area (TPSA) is 70.7 Å². The van der Waals surface area contributed by atoms with Crippen LogP contribution in [-0.2, 0) is 6.54 Å². The van der Waals surface area contributed by atoms with Crippen molar-refractivity contribution in [2.75, 3.05) is 0 Å². The average Bonchev–Trinajstić information content (AvgIpc) is 2.36. The van der Waals surface area contributed by atoms with Gasteiger partial charge in [-0.2, -0.15) is 0 Å². The molecule has 0 amide bonds. The van der Waals surface area contributed by atoms with Crippen molar-refractivity contribution in [2.24, 2.45) is 0 Å². The van der Waals surface area contributed by atoms with Gasteiger partial charge in [0.25, 0.3) is 5.56 Å². The largest absolute Gasteiger partial charge is 0.310 e.